The number of hydrogen-bond acceptors (Lipinski definition) is 2. The van der Waals surface area contributed by atoms with Crippen LogP contribution in [0.4, 0.5) is 0 Å². The van der Waals surface area contributed by atoms with E-state index in [9.17, 15) is 9.59 Å². The van der Waals surface area contributed by atoms with Crippen LogP contribution in [0.2, 0.25) is 0 Å². The third kappa shape index (κ3) is 1.18. The van der Waals surface area contributed by atoms with Crippen LogP contribution < -0.4 is 5.32 Å². The van der Waals surface area contributed by atoms with Crippen molar-refractivity contribution in [1.29, 1.82) is 0 Å². The maximum absolute atomic E-state index is 11.1. The molecule has 60 valence electrons. The molecule has 0 aromatic heterocycles. The highest BCUT2D eigenvalue weighted by Gasteiger charge is 2.38. The number of carbonyl (C=O) groups excluding carboxylic acids is 2. The van der Waals surface area contributed by atoms with Gasteiger partial charge >= 0.3 is 0 Å². The van der Waals surface area contributed by atoms with Gasteiger partial charge in [-0.05, 0) is 13.3 Å². The Balaban J connectivity index is 2.86. The minimum atomic E-state index is -0.767. The summed E-state index contributed by atoms with van der Waals surface area (Å²) in [5, 5.41) is 2.61. The minimum absolute atomic E-state index is 0.0432. The SMILES string of the molecule is C=C[C@@]1(C(C)=O)CCC(=O)N1. The average Bonchev–Trinajstić information content (AvgIpc) is 2.33. The first-order valence-corrected chi connectivity index (χ1v) is 3.56. The van der Waals surface area contributed by atoms with Gasteiger partial charge in [-0.25, -0.2) is 0 Å². The molecule has 0 aliphatic carbocycles. The van der Waals surface area contributed by atoms with Crippen molar-refractivity contribution >= 4 is 11.7 Å². The van der Waals surface area contributed by atoms with Crippen LogP contribution in [0.15, 0.2) is 12.7 Å². The highest BCUT2D eigenvalue weighted by atomic mass is 16.2. The topological polar surface area (TPSA) is 46.2 Å². The van der Waals surface area contributed by atoms with Gasteiger partial charge in [0.2, 0.25) is 5.91 Å². The highest BCUT2D eigenvalue weighted by molar-refractivity contribution is 5.96. The van der Waals surface area contributed by atoms with Crippen molar-refractivity contribution in [3.63, 3.8) is 0 Å². The fourth-order valence-corrected chi connectivity index (χ4v) is 1.25. The fraction of sp³-hybridized carbons (Fsp3) is 0.500. The molecule has 0 bridgehead atoms. The third-order valence-corrected chi connectivity index (χ3v) is 2.09. The van der Waals surface area contributed by atoms with Gasteiger partial charge in [0.1, 0.15) is 5.54 Å². The zero-order chi connectivity index (χ0) is 8.48. The Hall–Kier alpha value is -1.12. The largest absolute Gasteiger partial charge is 0.340 e. The number of ketones is 1. The molecular formula is C8H11NO2. The zero-order valence-electron chi connectivity index (χ0n) is 6.52. The molecule has 3 heteroatoms. The van der Waals surface area contributed by atoms with Crippen LogP contribution in [0.5, 0.6) is 0 Å². The zero-order valence-corrected chi connectivity index (χ0v) is 6.52. The molecule has 0 unspecified atom stereocenters. The maximum atomic E-state index is 11.1. The van der Waals surface area contributed by atoms with Gasteiger partial charge < -0.3 is 5.32 Å². The Kier molecular flexibility index (Phi) is 1.81. The molecule has 11 heavy (non-hydrogen) atoms. The first kappa shape index (κ1) is 7.98. The highest BCUT2D eigenvalue weighted by Crippen LogP contribution is 2.21. The Morgan fingerprint density at radius 2 is 2.45 bits per heavy atom. The molecule has 3 nitrogen and oxygen atoms in total. The Morgan fingerprint density at radius 3 is 2.64 bits per heavy atom. The third-order valence-electron chi connectivity index (χ3n) is 2.09. The first-order valence-electron chi connectivity index (χ1n) is 3.56. The standard InChI is InChI=1S/C8H11NO2/c1-3-8(6(2)10)5-4-7(11)9-8/h3H,1,4-5H2,2H3,(H,9,11)/t8-/m0/s1. The van der Waals surface area contributed by atoms with Crippen molar-refractivity contribution in [3.05, 3.63) is 12.7 Å². The van der Waals surface area contributed by atoms with E-state index in [4.69, 9.17) is 0 Å². The molecule has 1 N–H and O–H groups in total. The molecule has 1 fully saturated rings. The number of nitrogens with one attached hydrogen (secondary N) is 1. The molecule has 1 amide bonds. The summed E-state index contributed by atoms with van der Waals surface area (Å²) in [6.45, 7) is 5.00. The van der Waals surface area contributed by atoms with Crippen LogP contribution in [0, 0.1) is 0 Å². The molecule has 1 atom stereocenters. The van der Waals surface area contributed by atoms with E-state index < -0.39 is 5.54 Å². The van der Waals surface area contributed by atoms with E-state index in [2.05, 4.69) is 11.9 Å². The van der Waals surface area contributed by atoms with E-state index >= 15 is 0 Å². The van der Waals surface area contributed by atoms with Crippen LogP contribution in [0.25, 0.3) is 0 Å². The van der Waals surface area contributed by atoms with E-state index in [1.54, 1.807) is 0 Å². The molecule has 1 heterocycles. The predicted octanol–water partition coefficient (Wildman–Crippen LogP) is 0.410. The van der Waals surface area contributed by atoms with Gasteiger partial charge in [0.25, 0.3) is 0 Å². The minimum Gasteiger partial charge on any atom is -0.340 e. The monoisotopic (exact) mass is 153 g/mol. The lowest BCUT2D eigenvalue weighted by molar-refractivity contribution is -0.125. The van der Waals surface area contributed by atoms with Crippen molar-refractivity contribution in [2.45, 2.75) is 25.3 Å². The smallest absolute Gasteiger partial charge is 0.221 e. The summed E-state index contributed by atoms with van der Waals surface area (Å²) in [4.78, 5) is 21.9. The predicted molar refractivity (Wildman–Crippen MR) is 41.0 cm³/mol. The lowest BCUT2D eigenvalue weighted by atomic mass is 9.93. The second-order valence-corrected chi connectivity index (χ2v) is 2.78. The molecule has 0 aromatic rings. The first-order chi connectivity index (χ1) is 5.10. The van der Waals surface area contributed by atoms with Crippen molar-refractivity contribution in [1.82, 2.24) is 5.32 Å². The van der Waals surface area contributed by atoms with Gasteiger partial charge in [-0.2, -0.15) is 0 Å². The van der Waals surface area contributed by atoms with Crippen molar-refractivity contribution < 1.29 is 9.59 Å². The summed E-state index contributed by atoms with van der Waals surface area (Å²) in [5.74, 6) is -0.113. The van der Waals surface area contributed by atoms with Crippen molar-refractivity contribution in [2.75, 3.05) is 0 Å². The summed E-state index contributed by atoms with van der Waals surface area (Å²) < 4.78 is 0. The molecule has 0 aromatic carbocycles. The van der Waals surface area contributed by atoms with Crippen LogP contribution in [-0.2, 0) is 9.59 Å². The van der Waals surface area contributed by atoms with Crippen LogP contribution >= 0.6 is 0 Å². The molecule has 0 radical (unpaired) electrons. The van der Waals surface area contributed by atoms with Gasteiger partial charge in [-0.15, -0.1) is 6.58 Å². The van der Waals surface area contributed by atoms with E-state index in [1.165, 1.54) is 13.0 Å². The van der Waals surface area contributed by atoms with Gasteiger partial charge in [0, 0.05) is 6.42 Å². The Bertz CT molecular complexity index is 222. The van der Waals surface area contributed by atoms with Crippen LogP contribution in [-0.4, -0.2) is 17.2 Å². The molecule has 1 rings (SSSR count). The maximum Gasteiger partial charge on any atom is 0.221 e. The van der Waals surface area contributed by atoms with Gasteiger partial charge in [-0.3, -0.25) is 9.59 Å². The summed E-state index contributed by atoms with van der Waals surface area (Å²) in [5.41, 5.74) is -0.767. The fourth-order valence-electron chi connectivity index (χ4n) is 1.25. The molecule has 1 aliphatic rings. The Morgan fingerprint density at radius 1 is 1.82 bits per heavy atom. The van der Waals surface area contributed by atoms with E-state index in [-0.39, 0.29) is 11.7 Å². The van der Waals surface area contributed by atoms with Crippen molar-refractivity contribution in [3.8, 4) is 0 Å². The summed E-state index contributed by atoms with van der Waals surface area (Å²) in [6, 6.07) is 0. The second kappa shape index (κ2) is 2.49. The summed E-state index contributed by atoms with van der Waals surface area (Å²) in [6.07, 6.45) is 2.48. The molecule has 0 spiro atoms. The van der Waals surface area contributed by atoms with Crippen molar-refractivity contribution in [2.24, 2.45) is 0 Å². The van der Waals surface area contributed by atoms with E-state index in [0.29, 0.717) is 12.8 Å². The number of rotatable bonds is 2. The average molecular weight is 153 g/mol. The lowest BCUT2D eigenvalue weighted by Crippen LogP contribution is -2.45. The lowest BCUT2D eigenvalue weighted by Gasteiger charge is -2.20. The van der Waals surface area contributed by atoms with E-state index in [0.717, 1.165) is 0 Å². The number of carbonyl (C=O) groups is 2. The summed E-state index contributed by atoms with van der Waals surface area (Å²) >= 11 is 0. The van der Waals surface area contributed by atoms with Crippen LogP contribution in [0.3, 0.4) is 0 Å². The van der Waals surface area contributed by atoms with Gasteiger partial charge in [0.15, 0.2) is 5.78 Å². The van der Waals surface area contributed by atoms with Crippen LogP contribution in [0.1, 0.15) is 19.8 Å². The second-order valence-electron chi connectivity index (χ2n) is 2.78. The number of Topliss-reactive ketones (excluding diaryl/α,β-unsaturated/α-hetero) is 1. The Labute approximate surface area is 65.5 Å². The van der Waals surface area contributed by atoms with Gasteiger partial charge in [0.05, 0.1) is 0 Å². The van der Waals surface area contributed by atoms with Gasteiger partial charge in [-0.1, -0.05) is 6.08 Å². The molecular weight excluding hydrogens is 142 g/mol. The molecule has 0 saturated carbocycles. The normalized spacial score (nSPS) is 29.7. The molecule has 1 saturated heterocycles. The summed E-state index contributed by atoms with van der Waals surface area (Å²) in [7, 11) is 0. The van der Waals surface area contributed by atoms with E-state index in [1.807, 2.05) is 0 Å². The molecule has 1 aliphatic heterocycles. The quantitative estimate of drug-likeness (QED) is 0.584. The number of hydrogen-bond donors (Lipinski definition) is 1. The number of amides is 1.